The van der Waals surface area contributed by atoms with Crippen LogP contribution in [-0.2, 0) is 11.2 Å². The van der Waals surface area contributed by atoms with E-state index in [0.29, 0.717) is 6.42 Å². The van der Waals surface area contributed by atoms with Crippen LogP contribution in [0.25, 0.3) is 0 Å². The van der Waals surface area contributed by atoms with Crippen LogP contribution in [0.5, 0.6) is 0 Å². The minimum atomic E-state index is -0.392. The van der Waals surface area contributed by atoms with Crippen molar-refractivity contribution in [2.45, 2.75) is 12.5 Å². The van der Waals surface area contributed by atoms with Crippen LogP contribution in [0, 0.1) is 5.82 Å². The number of anilines is 1. The molecule has 3 nitrogen and oxygen atoms in total. The lowest BCUT2D eigenvalue weighted by molar-refractivity contribution is -0.115. The molecule has 1 aliphatic rings. The number of nitrogens with two attached hydrogens (primary N) is 1. The Hall–Kier alpha value is -2.20. The lowest BCUT2D eigenvalue weighted by Crippen LogP contribution is -2.12. The number of benzene rings is 2. The Morgan fingerprint density at radius 2 is 1.95 bits per heavy atom. The number of hydrogen-bond donors (Lipinski definition) is 2. The fraction of sp³-hybridized carbons (Fsp3) is 0.133. The summed E-state index contributed by atoms with van der Waals surface area (Å²) >= 11 is 0. The molecule has 0 spiro atoms. The van der Waals surface area contributed by atoms with Gasteiger partial charge in [-0.3, -0.25) is 4.79 Å². The van der Waals surface area contributed by atoms with E-state index < -0.39 is 6.04 Å². The number of fused-ring (bicyclic) bond motifs is 1. The van der Waals surface area contributed by atoms with Crippen LogP contribution in [0.15, 0.2) is 42.5 Å². The van der Waals surface area contributed by atoms with E-state index in [9.17, 15) is 9.18 Å². The van der Waals surface area contributed by atoms with Crippen molar-refractivity contribution in [1.82, 2.24) is 0 Å². The van der Waals surface area contributed by atoms with E-state index in [0.717, 1.165) is 22.4 Å². The van der Waals surface area contributed by atoms with Crippen LogP contribution in [0.2, 0.25) is 0 Å². The van der Waals surface area contributed by atoms with E-state index in [-0.39, 0.29) is 11.7 Å². The second-order valence-corrected chi connectivity index (χ2v) is 4.67. The third kappa shape index (κ3) is 2.22. The number of nitrogens with one attached hydrogen (secondary N) is 1. The van der Waals surface area contributed by atoms with Crippen molar-refractivity contribution >= 4 is 11.6 Å². The molecule has 0 aromatic heterocycles. The summed E-state index contributed by atoms with van der Waals surface area (Å²) in [6.45, 7) is 0. The third-order valence-electron chi connectivity index (χ3n) is 3.32. The molecular formula is C15H13FN2O. The van der Waals surface area contributed by atoms with Gasteiger partial charge in [0.15, 0.2) is 0 Å². The molecule has 1 atom stereocenters. The van der Waals surface area contributed by atoms with Gasteiger partial charge in [0, 0.05) is 5.69 Å². The molecule has 1 aliphatic heterocycles. The van der Waals surface area contributed by atoms with E-state index >= 15 is 0 Å². The highest BCUT2D eigenvalue weighted by Gasteiger charge is 2.19. The van der Waals surface area contributed by atoms with Crippen molar-refractivity contribution in [2.75, 3.05) is 5.32 Å². The fourth-order valence-electron chi connectivity index (χ4n) is 2.34. The Morgan fingerprint density at radius 1 is 1.16 bits per heavy atom. The number of hydrogen-bond acceptors (Lipinski definition) is 2. The van der Waals surface area contributed by atoms with Crippen LogP contribution < -0.4 is 11.1 Å². The summed E-state index contributed by atoms with van der Waals surface area (Å²) in [6.07, 6.45) is 0.374. The molecule has 1 amide bonds. The maximum atomic E-state index is 13.2. The first-order valence-electron chi connectivity index (χ1n) is 6.07. The number of halogens is 1. The van der Waals surface area contributed by atoms with Crippen molar-refractivity contribution in [3.8, 4) is 0 Å². The van der Waals surface area contributed by atoms with Gasteiger partial charge < -0.3 is 11.1 Å². The lowest BCUT2D eigenvalue weighted by atomic mass is 9.97. The summed E-state index contributed by atoms with van der Waals surface area (Å²) in [5.74, 6) is -0.308. The quantitative estimate of drug-likeness (QED) is 0.866. The third-order valence-corrected chi connectivity index (χ3v) is 3.32. The van der Waals surface area contributed by atoms with Gasteiger partial charge in [-0.1, -0.05) is 24.3 Å². The molecule has 1 heterocycles. The molecule has 0 fully saturated rings. The zero-order valence-corrected chi connectivity index (χ0v) is 10.2. The monoisotopic (exact) mass is 256 g/mol. The number of carbonyl (C=O) groups is 1. The molecule has 3 N–H and O–H groups in total. The largest absolute Gasteiger partial charge is 0.326 e. The smallest absolute Gasteiger partial charge is 0.228 e. The van der Waals surface area contributed by atoms with Crippen molar-refractivity contribution < 1.29 is 9.18 Å². The summed E-state index contributed by atoms with van der Waals surface area (Å²) in [6, 6.07) is 11.5. The molecule has 4 heteroatoms. The second-order valence-electron chi connectivity index (χ2n) is 4.67. The molecule has 0 radical (unpaired) electrons. The minimum Gasteiger partial charge on any atom is -0.326 e. The van der Waals surface area contributed by atoms with Gasteiger partial charge in [0.2, 0.25) is 5.91 Å². The van der Waals surface area contributed by atoms with Crippen molar-refractivity contribution in [2.24, 2.45) is 5.73 Å². The lowest BCUT2D eigenvalue weighted by Gasteiger charge is -2.13. The van der Waals surface area contributed by atoms with Crippen molar-refractivity contribution in [3.63, 3.8) is 0 Å². The molecule has 1 unspecified atom stereocenters. The summed E-state index contributed by atoms with van der Waals surface area (Å²) in [7, 11) is 0. The molecule has 0 saturated heterocycles. The molecule has 2 aromatic rings. The van der Waals surface area contributed by atoms with E-state index in [1.165, 1.54) is 12.1 Å². The van der Waals surface area contributed by atoms with Crippen LogP contribution in [0.3, 0.4) is 0 Å². The molecule has 2 aromatic carbocycles. The standard InChI is InChI=1S/C15H13FN2O/c16-12-3-1-2-9(7-12)15(17)10-4-5-13-11(6-10)8-14(19)18-13/h1-7,15H,8,17H2,(H,18,19). The van der Waals surface area contributed by atoms with Crippen LogP contribution in [0.4, 0.5) is 10.1 Å². The highest BCUT2D eigenvalue weighted by molar-refractivity contribution is 5.99. The topological polar surface area (TPSA) is 55.1 Å². The van der Waals surface area contributed by atoms with Crippen LogP contribution >= 0.6 is 0 Å². The predicted molar refractivity (Wildman–Crippen MR) is 71.2 cm³/mol. The Morgan fingerprint density at radius 3 is 2.74 bits per heavy atom. The summed E-state index contributed by atoms with van der Waals surface area (Å²) in [4.78, 5) is 11.3. The van der Waals surface area contributed by atoms with E-state index in [4.69, 9.17) is 5.73 Å². The summed E-state index contributed by atoms with van der Waals surface area (Å²) < 4.78 is 13.2. The maximum absolute atomic E-state index is 13.2. The zero-order chi connectivity index (χ0) is 13.4. The van der Waals surface area contributed by atoms with E-state index in [1.54, 1.807) is 12.1 Å². The van der Waals surface area contributed by atoms with Crippen molar-refractivity contribution in [1.29, 1.82) is 0 Å². The summed E-state index contributed by atoms with van der Waals surface area (Å²) in [5.41, 5.74) is 9.51. The van der Waals surface area contributed by atoms with Gasteiger partial charge in [-0.25, -0.2) is 4.39 Å². The van der Waals surface area contributed by atoms with Gasteiger partial charge >= 0.3 is 0 Å². The molecule has 3 rings (SSSR count). The van der Waals surface area contributed by atoms with E-state index in [2.05, 4.69) is 5.32 Å². The number of rotatable bonds is 2. The Balaban J connectivity index is 1.95. The van der Waals surface area contributed by atoms with Gasteiger partial charge in [-0.2, -0.15) is 0 Å². The average molecular weight is 256 g/mol. The minimum absolute atomic E-state index is 0.00789. The Bertz CT molecular complexity index is 654. The molecule has 0 saturated carbocycles. The van der Waals surface area contributed by atoms with Crippen LogP contribution in [-0.4, -0.2) is 5.91 Å². The second kappa shape index (κ2) is 4.48. The fourth-order valence-corrected chi connectivity index (χ4v) is 2.34. The first-order chi connectivity index (χ1) is 9.13. The molecule has 0 bridgehead atoms. The van der Waals surface area contributed by atoms with Gasteiger partial charge in [-0.05, 0) is 34.9 Å². The molecule has 0 aliphatic carbocycles. The van der Waals surface area contributed by atoms with Crippen LogP contribution in [0.1, 0.15) is 22.7 Å². The highest BCUT2D eigenvalue weighted by atomic mass is 19.1. The predicted octanol–water partition coefficient (Wildman–Crippen LogP) is 2.37. The van der Waals surface area contributed by atoms with Gasteiger partial charge in [0.25, 0.3) is 0 Å². The number of amides is 1. The highest BCUT2D eigenvalue weighted by Crippen LogP contribution is 2.28. The molecular weight excluding hydrogens is 243 g/mol. The SMILES string of the molecule is NC(c1cccc(F)c1)c1ccc2c(c1)CC(=O)N2. The average Bonchev–Trinajstić information content (AvgIpc) is 2.76. The van der Waals surface area contributed by atoms with Gasteiger partial charge in [-0.15, -0.1) is 0 Å². The number of carbonyl (C=O) groups excluding carboxylic acids is 1. The first kappa shape index (κ1) is 11.9. The van der Waals surface area contributed by atoms with Gasteiger partial charge in [0.05, 0.1) is 12.5 Å². The van der Waals surface area contributed by atoms with E-state index in [1.807, 2.05) is 18.2 Å². The van der Waals surface area contributed by atoms with Gasteiger partial charge in [0.1, 0.15) is 5.82 Å². The molecule has 96 valence electrons. The maximum Gasteiger partial charge on any atom is 0.228 e. The first-order valence-corrected chi connectivity index (χ1v) is 6.07. The Kier molecular flexibility index (Phi) is 2.80. The van der Waals surface area contributed by atoms with Crippen molar-refractivity contribution in [3.05, 3.63) is 65.0 Å². The molecule has 19 heavy (non-hydrogen) atoms. The Labute approximate surface area is 110 Å². The summed E-state index contributed by atoms with van der Waals surface area (Å²) in [5, 5.41) is 2.77. The zero-order valence-electron chi connectivity index (χ0n) is 10.2. The normalized spacial score (nSPS) is 14.9.